The maximum atomic E-state index is 13.2. The van der Waals surface area contributed by atoms with E-state index < -0.39 is 63.8 Å². The molecule has 1 saturated carbocycles. The van der Waals surface area contributed by atoms with Crippen LogP contribution in [0.4, 0.5) is 0 Å². The zero-order chi connectivity index (χ0) is 21.9. The van der Waals surface area contributed by atoms with E-state index in [2.05, 4.69) is 0 Å². The van der Waals surface area contributed by atoms with Gasteiger partial charge in [-0.05, 0) is 41.5 Å². The Kier molecular flexibility index (Phi) is 4.61. The van der Waals surface area contributed by atoms with Crippen LogP contribution in [-0.2, 0) is 28.6 Å². The molecule has 1 unspecified atom stereocenters. The van der Waals surface area contributed by atoms with Crippen LogP contribution in [0, 0.1) is 10.8 Å². The molecule has 10 nitrogen and oxygen atoms in total. The molecule has 0 amide bonds. The largest absolute Gasteiger partial charge is 0.454 e. The second kappa shape index (κ2) is 6.38. The molecule has 2 aliphatic rings. The van der Waals surface area contributed by atoms with Crippen LogP contribution in [0.5, 0.6) is 0 Å². The number of nitrogens with one attached hydrogen (secondary N) is 1. The van der Waals surface area contributed by atoms with Gasteiger partial charge in [0.25, 0.3) is 5.56 Å². The van der Waals surface area contributed by atoms with Gasteiger partial charge in [-0.25, -0.2) is 4.79 Å². The Hall–Kier alpha value is -2.75. The van der Waals surface area contributed by atoms with Crippen molar-refractivity contribution in [3.05, 3.63) is 33.1 Å². The Morgan fingerprint density at radius 3 is 2.17 bits per heavy atom. The molecule has 0 aromatic carbocycles. The van der Waals surface area contributed by atoms with E-state index in [9.17, 15) is 24.0 Å². The van der Waals surface area contributed by atoms with Gasteiger partial charge in [-0.3, -0.25) is 28.7 Å². The predicted molar refractivity (Wildman–Crippen MR) is 97.9 cm³/mol. The SMILES string of the molecule is CC(C)(C)C(=O)OC1[C@H]2O[C@@H](n3ccc(=O)[nH]c3=O)C(=O)[C@@]12OC(=O)C(C)(C)C. The fourth-order valence-corrected chi connectivity index (χ4v) is 2.87. The molecular formula is C19H24N2O8. The average molecular weight is 408 g/mol. The lowest BCUT2D eigenvalue weighted by molar-refractivity contribution is -0.174. The number of esters is 2. The second-order valence-electron chi connectivity index (χ2n) is 9.30. The summed E-state index contributed by atoms with van der Waals surface area (Å²) in [4.78, 5) is 63.3. The highest BCUT2D eigenvalue weighted by Crippen LogP contribution is 2.56. The Balaban J connectivity index is 1.94. The van der Waals surface area contributed by atoms with Crippen LogP contribution in [-0.4, -0.2) is 45.1 Å². The third-order valence-electron chi connectivity index (χ3n) is 4.72. The monoisotopic (exact) mass is 408 g/mol. The standard InChI is InChI=1S/C19H24N2O8/c1-17(2,3)14(24)28-12-11-19(12,29-15(25)18(4,5)6)10(23)13(27-11)21-8-7-9(22)20-16(21)26/h7-8,11-13H,1-6H3,(H,20,22,26)/t11-,12?,13-,19+/m1/s1. The lowest BCUT2D eigenvalue weighted by Gasteiger charge is -2.24. The molecule has 10 heteroatoms. The van der Waals surface area contributed by atoms with Crippen LogP contribution in [0.15, 0.2) is 21.9 Å². The summed E-state index contributed by atoms with van der Waals surface area (Å²) in [7, 11) is 0. The van der Waals surface area contributed by atoms with Gasteiger partial charge in [0, 0.05) is 12.3 Å². The number of nitrogens with zero attached hydrogens (tertiary/aromatic N) is 1. The van der Waals surface area contributed by atoms with E-state index in [-0.39, 0.29) is 0 Å². The Morgan fingerprint density at radius 2 is 1.66 bits per heavy atom. The van der Waals surface area contributed by atoms with Crippen molar-refractivity contribution in [2.45, 2.75) is 65.6 Å². The Bertz CT molecular complexity index is 993. The number of fused-ring (bicyclic) bond motifs is 1. The number of rotatable bonds is 3. The van der Waals surface area contributed by atoms with Crippen molar-refractivity contribution >= 4 is 17.7 Å². The quantitative estimate of drug-likeness (QED) is 0.706. The minimum Gasteiger partial charge on any atom is -0.454 e. The number of ketones is 1. The topological polar surface area (TPSA) is 134 Å². The molecule has 1 aliphatic heterocycles. The van der Waals surface area contributed by atoms with Crippen molar-refractivity contribution < 1.29 is 28.6 Å². The first-order chi connectivity index (χ1) is 13.2. The van der Waals surface area contributed by atoms with Gasteiger partial charge in [-0.1, -0.05) is 0 Å². The summed E-state index contributed by atoms with van der Waals surface area (Å²) in [5.41, 5.74) is -5.07. The number of ether oxygens (including phenoxy) is 3. The van der Waals surface area contributed by atoms with Gasteiger partial charge >= 0.3 is 17.6 Å². The summed E-state index contributed by atoms with van der Waals surface area (Å²) >= 11 is 0. The van der Waals surface area contributed by atoms with E-state index in [1.54, 1.807) is 41.5 Å². The summed E-state index contributed by atoms with van der Waals surface area (Å²) in [6.07, 6.45) is -2.45. The summed E-state index contributed by atoms with van der Waals surface area (Å²) < 4.78 is 17.4. The van der Waals surface area contributed by atoms with Crippen LogP contribution in [0.25, 0.3) is 0 Å². The van der Waals surface area contributed by atoms with Gasteiger partial charge in [0.15, 0.2) is 12.2 Å². The summed E-state index contributed by atoms with van der Waals surface area (Å²) in [5, 5.41) is 0. The highest BCUT2D eigenvalue weighted by molar-refractivity contribution is 6.00. The molecule has 1 aromatic rings. The number of hydrogen-bond donors (Lipinski definition) is 1. The normalized spacial score (nSPS) is 28.6. The number of Topliss-reactive ketones (excluding diaryl/α,β-unsaturated/α-hetero) is 1. The molecule has 0 spiro atoms. The second-order valence-corrected chi connectivity index (χ2v) is 9.30. The van der Waals surface area contributed by atoms with E-state index in [0.717, 1.165) is 16.8 Å². The Morgan fingerprint density at radius 1 is 1.07 bits per heavy atom. The van der Waals surface area contributed by atoms with Gasteiger partial charge < -0.3 is 14.2 Å². The molecule has 0 radical (unpaired) electrons. The number of carbonyl (C=O) groups excluding carboxylic acids is 3. The van der Waals surface area contributed by atoms with E-state index in [4.69, 9.17) is 14.2 Å². The van der Waals surface area contributed by atoms with Crippen molar-refractivity contribution in [3.63, 3.8) is 0 Å². The van der Waals surface area contributed by atoms with Crippen molar-refractivity contribution in [2.75, 3.05) is 0 Å². The van der Waals surface area contributed by atoms with Gasteiger partial charge in [0.1, 0.15) is 0 Å². The van der Waals surface area contributed by atoms with E-state index >= 15 is 0 Å². The van der Waals surface area contributed by atoms with E-state index in [1.807, 2.05) is 4.98 Å². The fraction of sp³-hybridized carbons (Fsp3) is 0.632. The zero-order valence-electron chi connectivity index (χ0n) is 17.1. The van der Waals surface area contributed by atoms with Gasteiger partial charge in [-0.15, -0.1) is 0 Å². The van der Waals surface area contributed by atoms with Crippen molar-refractivity contribution in [1.29, 1.82) is 0 Å². The van der Waals surface area contributed by atoms with Crippen LogP contribution in [0.2, 0.25) is 0 Å². The number of aromatic nitrogens is 2. The third kappa shape index (κ3) is 3.41. The molecule has 4 atom stereocenters. The highest BCUT2D eigenvalue weighted by atomic mass is 16.7. The molecule has 1 aliphatic carbocycles. The number of carbonyl (C=O) groups is 3. The van der Waals surface area contributed by atoms with Crippen LogP contribution >= 0.6 is 0 Å². The van der Waals surface area contributed by atoms with Gasteiger partial charge in [0.05, 0.1) is 10.8 Å². The number of aromatic amines is 1. The molecule has 3 rings (SSSR count). The van der Waals surface area contributed by atoms with Gasteiger partial charge in [-0.2, -0.15) is 0 Å². The number of H-pyrrole nitrogens is 1. The average Bonchev–Trinajstić information content (AvgIpc) is 3.05. The van der Waals surface area contributed by atoms with Crippen LogP contribution in [0.1, 0.15) is 47.8 Å². The summed E-state index contributed by atoms with van der Waals surface area (Å²) in [6.45, 7) is 9.78. The number of hydrogen-bond acceptors (Lipinski definition) is 8. The third-order valence-corrected chi connectivity index (χ3v) is 4.72. The lowest BCUT2D eigenvalue weighted by atomic mass is 9.97. The molecular weight excluding hydrogens is 384 g/mol. The molecule has 1 N–H and O–H groups in total. The van der Waals surface area contributed by atoms with E-state index in [1.165, 1.54) is 0 Å². The first-order valence-electron chi connectivity index (χ1n) is 9.15. The van der Waals surface area contributed by atoms with Crippen LogP contribution in [0.3, 0.4) is 0 Å². The molecule has 2 heterocycles. The first-order valence-corrected chi connectivity index (χ1v) is 9.15. The maximum absolute atomic E-state index is 13.2. The zero-order valence-corrected chi connectivity index (χ0v) is 17.1. The molecule has 1 aromatic heterocycles. The summed E-state index contributed by atoms with van der Waals surface area (Å²) in [6, 6.07) is 1.06. The van der Waals surface area contributed by atoms with Crippen LogP contribution < -0.4 is 11.2 Å². The van der Waals surface area contributed by atoms with Crippen molar-refractivity contribution in [3.8, 4) is 0 Å². The lowest BCUT2D eigenvalue weighted by Crippen LogP contribution is -2.43. The van der Waals surface area contributed by atoms with Crippen molar-refractivity contribution in [2.24, 2.45) is 10.8 Å². The first kappa shape index (κ1) is 21.0. The highest BCUT2D eigenvalue weighted by Gasteiger charge is 2.84. The maximum Gasteiger partial charge on any atom is 0.330 e. The predicted octanol–water partition coefficient (Wildman–Crippen LogP) is 0.303. The minimum atomic E-state index is -1.83. The van der Waals surface area contributed by atoms with Gasteiger partial charge in [0.2, 0.25) is 17.6 Å². The Labute approximate surface area is 166 Å². The molecule has 2 fully saturated rings. The molecule has 158 valence electrons. The van der Waals surface area contributed by atoms with Crippen molar-refractivity contribution in [1.82, 2.24) is 9.55 Å². The molecule has 0 bridgehead atoms. The minimum absolute atomic E-state index is 0.586. The molecule has 29 heavy (non-hydrogen) atoms. The smallest absolute Gasteiger partial charge is 0.330 e. The molecule has 1 saturated heterocycles. The fourth-order valence-electron chi connectivity index (χ4n) is 2.87. The summed E-state index contributed by atoms with van der Waals surface area (Å²) in [5.74, 6) is -2.00. The van der Waals surface area contributed by atoms with E-state index in [0.29, 0.717) is 0 Å².